The van der Waals surface area contributed by atoms with E-state index >= 15 is 0 Å². The molecule has 2 rings (SSSR count). The maximum absolute atomic E-state index is 8.86. The van der Waals surface area contributed by atoms with E-state index in [-0.39, 0.29) is 17.4 Å². The van der Waals surface area contributed by atoms with Gasteiger partial charge in [0, 0.05) is 18.1 Å². The Balaban J connectivity index is 1.96. The van der Waals surface area contributed by atoms with E-state index in [9.17, 15) is 0 Å². The molecule has 30 heavy (non-hydrogen) atoms. The van der Waals surface area contributed by atoms with Gasteiger partial charge in [-0.3, -0.25) is 0 Å². The number of aryl methyl sites for hydroxylation is 3. The maximum Gasteiger partial charge on any atom is 0.205 e. The molecule has 1 aromatic heterocycles. The minimum atomic E-state index is -0.853. The summed E-state index contributed by atoms with van der Waals surface area (Å²) in [6.45, 7) is 15.2. The summed E-state index contributed by atoms with van der Waals surface area (Å²) < 4.78 is 17.7. The predicted octanol–water partition coefficient (Wildman–Crippen LogP) is 4.75. The maximum atomic E-state index is 8.86. The quantitative estimate of drug-likeness (QED) is 0.148. The van der Waals surface area contributed by atoms with Crippen molar-refractivity contribution in [3.05, 3.63) is 46.3 Å². The molecule has 1 unspecified atom stereocenters. The van der Waals surface area contributed by atoms with Crippen molar-refractivity contribution in [1.29, 1.82) is 0 Å². The predicted molar refractivity (Wildman–Crippen MR) is 120 cm³/mol. The van der Waals surface area contributed by atoms with Crippen molar-refractivity contribution in [2.24, 2.45) is 16.3 Å². The second-order valence-corrected chi connectivity index (χ2v) is 10.9. The largest absolute Gasteiger partial charge is 0.493 e. The van der Waals surface area contributed by atoms with Crippen molar-refractivity contribution >= 4 is 14.9 Å². The van der Waals surface area contributed by atoms with Crippen LogP contribution in [0.2, 0.25) is 13.1 Å². The monoisotopic (exact) mass is 432 g/mol. The van der Waals surface area contributed by atoms with E-state index in [0.717, 1.165) is 41.2 Å². The van der Waals surface area contributed by atoms with E-state index < -0.39 is 9.04 Å². The molecular weight excluding hydrogens is 398 g/mol. The molecule has 0 aliphatic carbocycles. The molecule has 0 amide bonds. The van der Waals surface area contributed by atoms with Crippen molar-refractivity contribution in [3.63, 3.8) is 0 Å². The van der Waals surface area contributed by atoms with Gasteiger partial charge < -0.3 is 24.6 Å². The van der Waals surface area contributed by atoms with E-state index in [1.54, 1.807) is 0 Å². The number of nitrogens with zero attached hydrogens (tertiary/aromatic N) is 2. The zero-order valence-electron chi connectivity index (χ0n) is 19.1. The van der Waals surface area contributed by atoms with E-state index in [1.807, 2.05) is 32.0 Å². The van der Waals surface area contributed by atoms with Crippen molar-refractivity contribution in [2.45, 2.75) is 66.7 Å². The molecule has 8 heteroatoms. The van der Waals surface area contributed by atoms with Crippen LogP contribution in [0.1, 0.15) is 61.4 Å². The van der Waals surface area contributed by atoms with Crippen LogP contribution in [0.4, 0.5) is 0 Å². The van der Waals surface area contributed by atoms with Crippen LogP contribution >= 0.6 is 0 Å². The average molecular weight is 433 g/mol. The highest BCUT2D eigenvalue weighted by molar-refractivity contribution is 6.48. The smallest absolute Gasteiger partial charge is 0.205 e. The van der Waals surface area contributed by atoms with Gasteiger partial charge in [-0.15, -0.1) is 0 Å². The Morgan fingerprint density at radius 3 is 2.40 bits per heavy atom. The molecule has 7 nitrogen and oxygen atoms in total. The fourth-order valence-corrected chi connectivity index (χ4v) is 4.24. The van der Waals surface area contributed by atoms with Gasteiger partial charge in [0.25, 0.3) is 0 Å². The Kier molecular flexibility index (Phi) is 8.08. The molecule has 0 aliphatic heterocycles. The molecule has 1 radical (unpaired) electrons. The number of nitrogens with two attached hydrogens (primary N) is 1. The summed E-state index contributed by atoms with van der Waals surface area (Å²) in [5, 5.41) is 16.2. The first-order chi connectivity index (χ1) is 14.0. The lowest BCUT2D eigenvalue weighted by Crippen LogP contribution is -2.26. The zero-order valence-corrected chi connectivity index (χ0v) is 20.1. The third-order valence-electron chi connectivity index (χ3n) is 4.66. The number of ether oxygens (including phenoxy) is 1. The highest BCUT2D eigenvalue weighted by atomic mass is 28.3. The highest BCUT2D eigenvalue weighted by Gasteiger charge is 2.31. The van der Waals surface area contributed by atoms with Crippen LogP contribution in [0.5, 0.6) is 5.75 Å². The molecule has 0 saturated heterocycles. The third kappa shape index (κ3) is 6.34. The van der Waals surface area contributed by atoms with E-state index in [4.69, 9.17) is 24.6 Å². The van der Waals surface area contributed by atoms with Gasteiger partial charge in [-0.1, -0.05) is 31.1 Å². The number of benzene rings is 1. The molecule has 0 fully saturated rings. The molecule has 0 saturated carbocycles. The minimum Gasteiger partial charge on any atom is -0.493 e. The van der Waals surface area contributed by atoms with Gasteiger partial charge in [-0.2, -0.15) is 0 Å². The second-order valence-electron chi connectivity index (χ2n) is 8.87. The van der Waals surface area contributed by atoms with Crippen molar-refractivity contribution in [3.8, 4) is 5.75 Å². The van der Waals surface area contributed by atoms with Crippen LogP contribution in [0.3, 0.4) is 0 Å². The fourth-order valence-electron chi connectivity index (χ4n) is 3.29. The number of amidine groups is 1. The summed E-state index contributed by atoms with van der Waals surface area (Å²) in [6, 6.07) is 5.71. The molecule has 1 atom stereocenters. The minimum absolute atomic E-state index is 0.0511. The molecule has 0 aliphatic rings. The average Bonchev–Trinajstić information content (AvgIpc) is 3.11. The highest BCUT2D eigenvalue weighted by Crippen LogP contribution is 2.36. The van der Waals surface area contributed by atoms with Crippen LogP contribution in [0, 0.1) is 19.3 Å². The van der Waals surface area contributed by atoms with E-state index in [2.05, 4.69) is 44.2 Å². The molecule has 1 aromatic carbocycles. The van der Waals surface area contributed by atoms with Crippen LogP contribution in [0.25, 0.3) is 0 Å². The summed E-state index contributed by atoms with van der Waals surface area (Å²) in [5.41, 5.74) is 9.05. The van der Waals surface area contributed by atoms with Gasteiger partial charge >= 0.3 is 0 Å². The van der Waals surface area contributed by atoms with Crippen LogP contribution in [0.15, 0.2) is 27.9 Å². The van der Waals surface area contributed by atoms with Gasteiger partial charge in [0.1, 0.15) is 17.2 Å². The lowest BCUT2D eigenvalue weighted by atomic mass is 9.87. The van der Waals surface area contributed by atoms with Gasteiger partial charge in [-0.05, 0) is 62.0 Å². The van der Waals surface area contributed by atoms with Gasteiger partial charge in [-0.25, -0.2) is 0 Å². The Hall–Kier alpha value is -2.32. The Morgan fingerprint density at radius 2 is 1.87 bits per heavy atom. The van der Waals surface area contributed by atoms with Gasteiger partial charge in [0.2, 0.25) is 9.04 Å². The van der Waals surface area contributed by atoms with E-state index in [1.165, 1.54) is 0 Å². The van der Waals surface area contributed by atoms with Gasteiger partial charge in [0.05, 0.1) is 12.7 Å². The molecule has 0 bridgehead atoms. The molecule has 0 spiro atoms. The third-order valence-corrected chi connectivity index (χ3v) is 5.37. The first-order valence-electron chi connectivity index (χ1n) is 10.2. The molecule has 2 aromatic rings. The lowest BCUT2D eigenvalue weighted by Gasteiger charge is -2.30. The van der Waals surface area contributed by atoms with Crippen molar-refractivity contribution in [2.75, 3.05) is 6.61 Å². The number of hydrogen-bond acceptors (Lipinski definition) is 6. The standard InChI is InChI=1S/C22H34N3O4Si/c1-14-11-16(21(23)24-26)12-15(2)19(14)27-10-8-9-17-13-18(25-28-17)20(22(3,4)5)29-30(6)7/h11-13,20,26H,8-10H2,1-7H3,(H2,23,24). The zero-order chi connectivity index (χ0) is 22.5. The fraction of sp³-hybridized carbons (Fsp3) is 0.545. The number of oxime groups is 1. The lowest BCUT2D eigenvalue weighted by molar-refractivity contribution is 0.0794. The summed E-state index contributed by atoms with van der Waals surface area (Å²) in [7, 11) is -0.853. The summed E-state index contributed by atoms with van der Waals surface area (Å²) >= 11 is 0. The topological polar surface area (TPSA) is 103 Å². The van der Waals surface area contributed by atoms with Gasteiger partial charge in [0.15, 0.2) is 5.84 Å². The molecular formula is C22H34N3O4Si. The first kappa shape index (κ1) is 24.0. The Bertz CT molecular complexity index is 849. The SMILES string of the molecule is Cc1cc(C(N)=NO)cc(C)c1OCCCc1cc(C(O[Si](C)C)C(C)(C)C)no1. The molecule has 3 N–H and O–H groups in total. The Morgan fingerprint density at radius 1 is 1.23 bits per heavy atom. The van der Waals surface area contributed by atoms with Crippen molar-refractivity contribution in [1.82, 2.24) is 5.16 Å². The first-order valence-corrected chi connectivity index (χ1v) is 12.6. The summed E-state index contributed by atoms with van der Waals surface area (Å²) in [4.78, 5) is 0. The normalized spacial score (nSPS) is 13.7. The number of aromatic nitrogens is 1. The summed E-state index contributed by atoms with van der Waals surface area (Å²) in [5.74, 6) is 1.75. The molecule has 165 valence electrons. The summed E-state index contributed by atoms with van der Waals surface area (Å²) in [6.07, 6.45) is 1.46. The molecule has 1 heterocycles. The Labute approximate surface area is 181 Å². The van der Waals surface area contributed by atoms with Crippen molar-refractivity contribution < 1.29 is 18.9 Å². The van der Waals surface area contributed by atoms with E-state index in [0.29, 0.717) is 12.2 Å². The number of hydrogen-bond donors (Lipinski definition) is 2. The number of rotatable bonds is 9. The second kappa shape index (κ2) is 10.1. The van der Waals surface area contributed by atoms with Crippen LogP contribution in [-0.4, -0.2) is 31.8 Å². The van der Waals surface area contributed by atoms with Crippen LogP contribution < -0.4 is 10.5 Å². The van der Waals surface area contributed by atoms with Crippen LogP contribution in [-0.2, 0) is 10.8 Å².